The molecule has 1 heterocycles. The van der Waals surface area contributed by atoms with Gasteiger partial charge >= 0.3 is 5.97 Å². The van der Waals surface area contributed by atoms with E-state index in [1.54, 1.807) is 6.92 Å². The molecule has 2 rings (SSSR count). The number of aromatic amines is 1. The van der Waals surface area contributed by atoms with E-state index in [1.807, 2.05) is 31.2 Å². The fourth-order valence-electron chi connectivity index (χ4n) is 2.12. The molecule has 0 saturated heterocycles. The smallest absolute Gasteiger partial charge is 0.305 e. The van der Waals surface area contributed by atoms with Gasteiger partial charge in [0.15, 0.2) is 0 Å². The molecule has 1 aromatic carbocycles. The number of rotatable bonds is 5. The van der Waals surface area contributed by atoms with Crippen LogP contribution in [-0.2, 0) is 4.79 Å². The Morgan fingerprint density at radius 2 is 2.00 bits per heavy atom. The first-order valence-corrected chi connectivity index (χ1v) is 6.60. The average Bonchev–Trinajstić information content (AvgIpc) is 2.86. The maximum absolute atomic E-state index is 12.7. The highest BCUT2D eigenvalue weighted by atomic mass is 16.4. The Kier molecular flexibility index (Phi) is 4.37. The van der Waals surface area contributed by atoms with E-state index in [9.17, 15) is 9.59 Å². The first-order chi connectivity index (χ1) is 10.0. The Labute approximate surface area is 122 Å². The molecule has 0 unspecified atom stereocenters. The molecule has 0 atom stereocenters. The summed E-state index contributed by atoms with van der Waals surface area (Å²) < 4.78 is 0. The number of H-pyrrole nitrogens is 1. The monoisotopic (exact) mass is 287 g/mol. The minimum Gasteiger partial charge on any atom is -0.481 e. The van der Waals surface area contributed by atoms with Crippen LogP contribution in [0.2, 0.25) is 0 Å². The lowest BCUT2D eigenvalue weighted by Crippen LogP contribution is -2.33. The van der Waals surface area contributed by atoms with E-state index >= 15 is 0 Å². The number of aryl methyl sites for hydroxylation is 2. The molecule has 0 fully saturated rings. The maximum Gasteiger partial charge on any atom is 0.305 e. The van der Waals surface area contributed by atoms with E-state index in [-0.39, 0.29) is 18.9 Å². The topological polar surface area (TPSA) is 86.3 Å². The van der Waals surface area contributed by atoms with Crippen LogP contribution in [0.4, 0.5) is 5.69 Å². The third-order valence-corrected chi connectivity index (χ3v) is 3.26. The lowest BCUT2D eigenvalue weighted by Gasteiger charge is -2.23. The number of amides is 1. The molecule has 1 amide bonds. The van der Waals surface area contributed by atoms with Gasteiger partial charge in [0.1, 0.15) is 0 Å². The molecule has 6 nitrogen and oxygen atoms in total. The molecule has 21 heavy (non-hydrogen) atoms. The summed E-state index contributed by atoms with van der Waals surface area (Å²) >= 11 is 0. The molecule has 6 heteroatoms. The van der Waals surface area contributed by atoms with Crippen LogP contribution < -0.4 is 4.90 Å². The molecule has 0 aliphatic rings. The Morgan fingerprint density at radius 3 is 2.57 bits per heavy atom. The molecule has 110 valence electrons. The Morgan fingerprint density at radius 1 is 1.29 bits per heavy atom. The lowest BCUT2D eigenvalue weighted by molar-refractivity contribution is -0.136. The van der Waals surface area contributed by atoms with Gasteiger partial charge in [0.25, 0.3) is 5.91 Å². The first kappa shape index (κ1) is 14.8. The molecule has 1 aromatic heterocycles. The Hall–Kier alpha value is -2.63. The fourth-order valence-corrected chi connectivity index (χ4v) is 2.12. The van der Waals surface area contributed by atoms with Crippen molar-refractivity contribution in [2.75, 3.05) is 11.4 Å². The van der Waals surface area contributed by atoms with Gasteiger partial charge in [-0.1, -0.05) is 18.2 Å². The fraction of sp³-hybridized carbons (Fsp3) is 0.267. The van der Waals surface area contributed by atoms with Gasteiger partial charge in [-0.3, -0.25) is 14.7 Å². The van der Waals surface area contributed by atoms with E-state index in [4.69, 9.17) is 5.11 Å². The molecule has 0 spiro atoms. The zero-order valence-corrected chi connectivity index (χ0v) is 12.0. The number of carbonyl (C=O) groups is 2. The number of nitrogens with one attached hydrogen (secondary N) is 1. The molecule has 2 aromatic rings. The van der Waals surface area contributed by atoms with Gasteiger partial charge in [-0.25, -0.2) is 0 Å². The molecule has 0 saturated carbocycles. The summed E-state index contributed by atoms with van der Waals surface area (Å²) in [5.74, 6) is -1.19. The van der Waals surface area contributed by atoms with Crippen LogP contribution in [0, 0.1) is 13.8 Å². The second-order valence-corrected chi connectivity index (χ2v) is 4.80. The summed E-state index contributed by atoms with van der Waals surface area (Å²) in [5, 5.41) is 15.5. The minimum absolute atomic E-state index is 0.114. The summed E-state index contributed by atoms with van der Waals surface area (Å²) in [6, 6.07) is 7.40. The number of aromatic nitrogens is 2. The molecule has 0 bridgehead atoms. The second kappa shape index (κ2) is 6.21. The van der Waals surface area contributed by atoms with Gasteiger partial charge < -0.3 is 10.0 Å². The summed E-state index contributed by atoms with van der Waals surface area (Å²) in [4.78, 5) is 25.0. The largest absolute Gasteiger partial charge is 0.481 e. The number of carboxylic acid groups (broad SMARTS) is 1. The lowest BCUT2D eigenvalue weighted by atomic mass is 10.1. The van der Waals surface area contributed by atoms with Crippen LogP contribution in [0.15, 0.2) is 30.5 Å². The van der Waals surface area contributed by atoms with Crippen LogP contribution >= 0.6 is 0 Å². The number of hydrogen-bond acceptors (Lipinski definition) is 3. The summed E-state index contributed by atoms with van der Waals surface area (Å²) in [6.45, 7) is 3.76. The van der Waals surface area contributed by atoms with E-state index in [1.165, 1.54) is 11.1 Å². The van der Waals surface area contributed by atoms with Crippen molar-refractivity contribution in [2.24, 2.45) is 0 Å². The highest BCUT2D eigenvalue weighted by Gasteiger charge is 2.22. The molecule has 0 aliphatic carbocycles. The molecular weight excluding hydrogens is 270 g/mol. The van der Waals surface area contributed by atoms with Crippen molar-refractivity contribution in [2.45, 2.75) is 20.3 Å². The predicted molar refractivity (Wildman–Crippen MR) is 78.4 cm³/mol. The molecule has 2 N–H and O–H groups in total. The Balaban J connectivity index is 2.37. The van der Waals surface area contributed by atoms with Gasteiger partial charge in [0.05, 0.1) is 18.2 Å². The van der Waals surface area contributed by atoms with Crippen molar-refractivity contribution in [3.8, 4) is 0 Å². The summed E-state index contributed by atoms with van der Waals surface area (Å²) in [6.07, 6.45) is 1.35. The van der Waals surface area contributed by atoms with Crippen molar-refractivity contribution in [1.29, 1.82) is 0 Å². The van der Waals surface area contributed by atoms with Crippen molar-refractivity contribution in [3.05, 3.63) is 47.3 Å². The molecular formula is C15H17N3O3. The highest BCUT2D eigenvalue weighted by molar-refractivity contribution is 6.07. The quantitative estimate of drug-likeness (QED) is 0.882. The number of hydrogen-bond donors (Lipinski definition) is 2. The SMILES string of the molecule is Cc1ccccc1N(CCC(=O)O)C(=O)c1cn[nH]c1C. The van der Waals surface area contributed by atoms with E-state index < -0.39 is 5.97 Å². The van der Waals surface area contributed by atoms with Gasteiger partial charge in [-0.2, -0.15) is 5.10 Å². The number of carbonyl (C=O) groups excluding carboxylic acids is 1. The maximum atomic E-state index is 12.7. The van der Waals surface area contributed by atoms with E-state index in [2.05, 4.69) is 10.2 Å². The normalized spacial score (nSPS) is 10.4. The van der Waals surface area contributed by atoms with Crippen molar-refractivity contribution < 1.29 is 14.7 Å². The van der Waals surface area contributed by atoms with Crippen molar-refractivity contribution in [3.63, 3.8) is 0 Å². The number of benzene rings is 1. The van der Waals surface area contributed by atoms with Gasteiger partial charge in [0, 0.05) is 17.9 Å². The number of anilines is 1. The number of carboxylic acids is 1. The van der Waals surface area contributed by atoms with Crippen molar-refractivity contribution in [1.82, 2.24) is 10.2 Å². The van der Waals surface area contributed by atoms with Gasteiger partial charge in [-0.05, 0) is 25.5 Å². The molecule has 0 aliphatic heterocycles. The highest BCUT2D eigenvalue weighted by Crippen LogP contribution is 2.22. The zero-order chi connectivity index (χ0) is 15.4. The third kappa shape index (κ3) is 3.28. The van der Waals surface area contributed by atoms with E-state index in [0.717, 1.165) is 5.56 Å². The first-order valence-electron chi connectivity index (χ1n) is 6.60. The van der Waals surface area contributed by atoms with Crippen LogP contribution in [0.25, 0.3) is 0 Å². The summed E-state index contributed by atoms with van der Waals surface area (Å²) in [5.41, 5.74) is 2.74. The second-order valence-electron chi connectivity index (χ2n) is 4.80. The van der Waals surface area contributed by atoms with Crippen LogP contribution in [0.5, 0.6) is 0 Å². The van der Waals surface area contributed by atoms with Crippen LogP contribution in [0.1, 0.15) is 28.0 Å². The number of para-hydroxylation sites is 1. The summed E-state index contributed by atoms with van der Waals surface area (Å²) in [7, 11) is 0. The third-order valence-electron chi connectivity index (χ3n) is 3.26. The standard InChI is InChI=1S/C15H17N3O3/c1-10-5-3-4-6-13(10)18(8-7-14(19)20)15(21)12-9-16-17-11(12)2/h3-6,9H,7-8H2,1-2H3,(H,16,17)(H,19,20). The van der Waals surface area contributed by atoms with Gasteiger partial charge in [-0.15, -0.1) is 0 Å². The molecule has 0 radical (unpaired) electrons. The number of nitrogens with zero attached hydrogens (tertiary/aromatic N) is 2. The predicted octanol–water partition coefficient (Wildman–Crippen LogP) is 2.15. The van der Waals surface area contributed by atoms with Crippen molar-refractivity contribution >= 4 is 17.6 Å². The van der Waals surface area contributed by atoms with Crippen LogP contribution in [-0.4, -0.2) is 33.7 Å². The number of aliphatic carboxylic acids is 1. The minimum atomic E-state index is -0.940. The van der Waals surface area contributed by atoms with Crippen LogP contribution in [0.3, 0.4) is 0 Å². The van der Waals surface area contributed by atoms with E-state index in [0.29, 0.717) is 16.9 Å². The Bertz CT molecular complexity index is 664. The zero-order valence-electron chi connectivity index (χ0n) is 12.0. The van der Waals surface area contributed by atoms with Gasteiger partial charge in [0.2, 0.25) is 0 Å². The average molecular weight is 287 g/mol.